The Morgan fingerprint density at radius 3 is 1.88 bits per heavy atom. The molecule has 1 N–H and O–H groups in total. The van der Waals surface area contributed by atoms with Crippen LogP contribution in [0.5, 0.6) is 0 Å². The molecule has 1 aliphatic rings. The molecule has 0 aromatic heterocycles. The fourth-order valence-electron chi connectivity index (χ4n) is 2.94. The first-order valence-corrected chi connectivity index (χ1v) is 10.4. The molecular formula is C16H32F3NO3S. The fraction of sp³-hybridized carbons (Fsp3) is 1.00. The molecule has 1 saturated heterocycles. The summed E-state index contributed by atoms with van der Waals surface area (Å²) >= 11 is 0. The van der Waals surface area contributed by atoms with Crippen molar-refractivity contribution >= 4 is 10.1 Å². The molecular weight excluding hydrogens is 343 g/mol. The quantitative estimate of drug-likeness (QED) is 0.382. The van der Waals surface area contributed by atoms with Crippen LogP contribution >= 0.6 is 0 Å². The minimum Gasteiger partial charge on any atom is -0.741 e. The predicted molar refractivity (Wildman–Crippen MR) is 87.8 cm³/mol. The van der Waals surface area contributed by atoms with E-state index >= 15 is 0 Å². The van der Waals surface area contributed by atoms with Crippen molar-refractivity contribution in [1.29, 1.82) is 0 Å². The fourth-order valence-corrected chi connectivity index (χ4v) is 2.94. The van der Waals surface area contributed by atoms with Crippen molar-refractivity contribution in [3.8, 4) is 0 Å². The molecule has 0 saturated carbocycles. The highest BCUT2D eigenvalue weighted by Crippen LogP contribution is 2.20. The van der Waals surface area contributed by atoms with E-state index in [4.69, 9.17) is 13.0 Å². The van der Waals surface area contributed by atoms with Crippen LogP contribution in [0.1, 0.15) is 78.1 Å². The molecule has 0 aliphatic carbocycles. The second-order valence-electron chi connectivity index (χ2n) is 6.58. The highest BCUT2D eigenvalue weighted by atomic mass is 32.2. The van der Waals surface area contributed by atoms with Crippen LogP contribution in [-0.2, 0) is 10.1 Å². The van der Waals surface area contributed by atoms with Gasteiger partial charge in [0.15, 0.2) is 10.1 Å². The number of nitrogens with one attached hydrogen (secondary N) is 1. The summed E-state index contributed by atoms with van der Waals surface area (Å²) in [5.74, 6) is 0. The van der Waals surface area contributed by atoms with E-state index < -0.39 is 15.6 Å². The second kappa shape index (κ2) is 12.1. The van der Waals surface area contributed by atoms with E-state index in [9.17, 15) is 13.2 Å². The molecule has 0 bridgehead atoms. The van der Waals surface area contributed by atoms with Crippen molar-refractivity contribution in [2.24, 2.45) is 0 Å². The normalized spacial score (nSPS) is 21.4. The van der Waals surface area contributed by atoms with Gasteiger partial charge in [-0.25, -0.2) is 8.42 Å². The molecule has 1 rings (SSSR count). The van der Waals surface area contributed by atoms with Gasteiger partial charge in [0.2, 0.25) is 0 Å². The Morgan fingerprint density at radius 1 is 1.04 bits per heavy atom. The maximum atomic E-state index is 10.7. The van der Waals surface area contributed by atoms with Gasteiger partial charge in [0.1, 0.15) is 0 Å². The second-order valence-corrected chi connectivity index (χ2v) is 7.95. The molecule has 2 atom stereocenters. The molecule has 24 heavy (non-hydrogen) atoms. The summed E-state index contributed by atoms with van der Waals surface area (Å²) in [6.07, 6.45) is 14.6. The van der Waals surface area contributed by atoms with E-state index in [0.717, 1.165) is 6.04 Å². The van der Waals surface area contributed by atoms with Crippen molar-refractivity contribution in [3.63, 3.8) is 0 Å². The van der Waals surface area contributed by atoms with Crippen LogP contribution in [0.15, 0.2) is 0 Å². The SMILES string of the molecule is CCCCCCCCCC[NH+]1CCCC1C.O=S(=O)([O-])C(F)(F)F. The van der Waals surface area contributed by atoms with Crippen LogP contribution in [0.3, 0.4) is 0 Å². The third-order valence-corrected chi connectivity index (χ3v) is 5.03. The van der Waals surface area contributed by atoms with Gasteiger partial charge in [0, 0.05) is 12.8 Å². The van der Waals surface area contributed by atoms with Crippen molar-refractivity contribution in [1.82, 2.24) is 0 Å². The highest BCUT2D eigenvalue weighted by Gasteiger charge is 2.36. The molecule has 2 unspecified atom stereocenters. The smallest absolute Gasteiger partial charge is 0.485 e. The zero-order valence-electron chi connectivity index (χ0n) is 14.8. The summed E-state index contributed by atoms with van der Waals surface area (Å²) in [5, 5.41) is 0. The van der Waals surface area contributed by atoms with E-state index in [2.05, 4.69) is 13.8 Å². The number of likely N-dealkylation sites (tertiary alicyclic amines) is 1. The molecule has 146 valence electrons. The number of hydrogen-bond acceptors (Lipinski definition) is 3. The largest absolute Gasteiger partial charge is 0.741 e. The minimum atomic E-state index is -6.09. The van der Waals surface area contributed by atoms with Gasteiger partial charge in [-0.15, -0.1) is 0 Å². The first kappa shape index (κ1) is 23.7. The summed E-state index contributed by atoms with van der Waals surface area (Å²) in [7, 11) is -6.09. The van der Waals surface area contributed by atoms with Crippen molar-refractivity contribution in [3.05, 3.63) is 0 Å². The Bertz CT molecular complexity index is 413. The lowest BCUT2D eigenvalue weighted by atomic mass is 10.1. The number of quaternary nitrogens is 1. The van der Waals surface area contributed by atoms with Gasteiger partial charge in [-0.1, -0.05) is 45.4 Å². The Kier molecular flexibility index (Phi) is 11.9. The Hall–Kier alpha value is -0.340. The van der Waals surface area contributed by atoms with Gasteiger partial charge in [0.05, 0.1) is 19.1 Å². The zero-order chi connectivity index (χ0) is 18.6. The lowest BCUT2D eigenvalue weighted by molar-refractivity contribution is -0.910. The van der Waals surface area contributed by atoms with Gasteiger partial charge in [-0.05, 0) is 19.8 Å². The van der Waals surface area contributed by atoms with Crippen molar-refractivity contribution in [2.75, 3.05) is 13.1 Å². The van der Waals surface area contributed by atoms with E-state index in [1.165, 1.54) is 77.3 Å². The number of alkyl halides is 3. The molecule has 0 radical (unpaired) electrons. The minimum absolute atomic E-state index is 0.949. The molecule has 1 heterocycles. The third kappa shape index (κ3) is 11.3. The Morgan fingerprint density at radius 2 is 1.50 bits per heavy atom. The average molecular weight is 375 g/mol. The van der Waals surface area contributed by atoms with E-state index in [1.54, 1.807) is 0 Å². The number of halogens is 3. The van der Waals surface area contributed by atoms with E-state index in [1.807, 2.05) is 4.90 Å². The van der Waals surface area contributed by atoms with Gasteiger partial charge in [-0.2, -0.15) is 13.2 Å². The number of rotatable bonds is 9. The summed E-state index contributed by atoms with van der Waals surface area (Å²) < 4.78 is 58.9. The van der Waals surface area contributed by atoms with Gasteiger partial charge in [-0.3, -0.25) is 0 Å². The van der Waals surface area contributed by atoms with Crippen LogP contribution in [-0.4, -0.2) is 37.6 Å². The standard InChI is InChI=1S/C15H31N.CHF3O3S/c1-3-4-5-6-7-8-9-10-13-16-14-11-12-15(16)2;2-1(3,4)8(5,6)7/h15H,3-14H2,1-2H3;(H,5,6,7). The summed E-state index contributed by atoms with van der Waals surface area (Å²) in [5.41, 5.74) is -5.65. The van der Waals surface area contributed by atoms with Crippen LogP contribution < -0.4 is 4.90 Å². The van der Waals surface area contributed by atoms with Crippen LogP contribution in [0.2, 0.25) is 0 Å². The first-order valence-electron chi connectivity index (χ1n) is 8.96. The average Bonchev–Trinajstić information content (AvgIpc) is 2.86. The first-order chi connectivity index (χ1) is 11.1. The van der Waals surface area contributed by atoms with Crippen LogP contribution in [0, 0.1) is 0 Å². The van der Waals surface area contributed by atoms with Gasteiger partial charge >= 0.3 is 5.51 Å². The third-order valence-electron chi connectivity index (χ3n) is 4.47. The van der Waals surface area contributed by atoms with E-state index in [0.29, 0.717) is 0 Å². The van der Waals surface area contributed by atoms with Gasteiger partial charge in [0.25, 0.3) is 0 Å². The Balaban J connectivity index is 0.000000561. The maximum Gasteiger partial charge on any atom is 0.485 e. The van der Waals surface area contributed by atoms with E-state index in [-0.39, 0.29) is 0 Å². The van der Waals surface area contributed by atoms with Crippen LogP contribution in [0.4, 0.5) is 13.2 Å². The molecule has 0 amide bonds. The Labute approximate surface area is 144 Å². The van der Waals surface area contributed by atoms with Gasteiger partial charge < -0.3 is 9.45 Å². The molecule has 0 aromatic carbocycles. The summed E-state index contributed by atoms with van der Waals surface area (Å²) in [4.78, 5) is 1.88. The lowest BCUT2D eigenvalue weighted by Crippen LogP contribution is -3.13. The lowest BCUT2D eigenvalue weighted by Gasteiger charge is -2.17. The number of unbranched alkanes of at least 4 members (excludes halogenated alkanes) is 7. The summed E-state index contributed by atoms with van der Waals surface area (Å²) in [6, 6.07) is 0.949. The highest BCUT2D eigenvalue weighted by molar-refractivity contribution is 7.86. The number of hydrogen-bond donors (Lipinski definition) is 1. The summed E-state index contributed by atoms with van der Waals surface area (Å²) in [6.45, 7) is 7.60. The molecule has 4 nitrogen and oxygen atoms in total. The molecule has 1 aliphatic heterocycles. The topological polar surface area (TPSA) is 61.6 Å². The molecule has 8 heteroatoms. The zero-order valence-corrected chi connectivity index (χ0v) is 15.6. The molecule has 0 aromatic rings. The molecule has 0 spiro atoms. The monoisotopic (exact) mass is 375 g/mol. The van der Waals surface area contributed by atoms with Crippen molar-refractivity contribution < 1.29 is 31.0 Å². The maximum absolute atomic E-state index is 10.7. The predicted octanol–water partition coefficient (Wildman–Crippen LogP) is 3.25. The molecule has 1 fully saturated rings. The van der Waals surface area contributed by atoms with Crippen molar-refractivity contribution in [2.45, 2.75) is 89.6 Å². The van der Waals surface area contributed by atoms with Crippen LogP contribution in [0.25, 0.3) is 0 Å².